The Kier molecular flexibility index (Phi) is 3.71. The number of ether oxygens (including phenoxy) is 1. The van der Waals surface area contributed by atoms with Crippen LogP contribution in [0.15, 0.2) is 39.5 Å². The van der Waals surface area contributed by atoms with Gasteiger partial charge in [-0.15, -0.1) is 0 Å². The third-order valence-electron chi connectivity index (χ3n) is 2.55. The summed E-state index contributed by atoms with van der Waals surface area (Å²) in [6.07, 6.45) is 3.42. The fraction of sp³-hybridized carbons (Fsp3) is 0.133. The third-order valence-corrected chi connectivity index (χ3v) is 2.55. The maximum atomic E-state index is 11.3. The van der Waals surface area contributed by atoms with Crippen molar-refractivity contribution in [1.82, 2.24) is 0 Å². The second kappa shape index (κ2) is 5.44. The predicted octanol–water partition coefficient (Wildman–Crippen LogP) is 2.83. The lowest BCUT2D eigenvalue weighted by atomic mass is 10.2. The van der Waals surface area contributed by atoms with Crippen LogP contribution in [0.25, 0.3) is 12.2 Å². The van der Waals surface area contributed by atoms with Gasteiger partial charge in [-0.25, -0.2) is 0 Å². The van der Waals surface area contributed by atoms with Gasteiger partial charge >= 0.3 is 0 Å². The number of rotatable bonds is 3. The largest absolute Gasteiger partial charge is 0.504 e. The number of benzene rings is 1. The molecule has 1 aromatic carbocycles. The van der Waals surface area contributed by atoms with Gasteiger partial charge in [-0.1, -0.05) is 12.1 Å². The molecule has 0 unspecified atom stereocenters. The lowest BCUT2D eigenvalue weighted by Gasteiger charge is -2.03. The smallest absolute Gasteiger partial charge is 0.185 e. The zero-order valence-corrected chi connectivity index (χ0v) is 10.7. The number of aromatic hydroxyl groups is 1. The molecular weight excluding hydrogens is 244 g/mol. The normalized spacial score (nSPS) is 10.8. The van der Waals surface area contributed by atoms with Crippen molar-refractivity contribution in [2.24, 2.45) is 0 Å². The molecule has 4 nitrogen and oxygen atoms in total. The van der Waals surface area contributed by atoms with Gasteiger partial charge in [0.15, 0.2) is 16.9 Å². The molecule has 0 aliphatic rings. The first-order valence-electron chi connectivity index (χ1n) is 5.75. The first-order chi connectivity index (χ1) is 9.08. The lowest BCUT2D eigenvalue weighted by molar-refractivity contribution is 0.373. The van der Waals surface area contributed by atoms with E-state index in [1.54, 1.807) is 37.3 Å². The second-order valence-corrected chi connectivity index (χ2v) is 4.07. The summed E-state index contributed by atoms with van der Waals surface area (Å²) in [5.74, 6) is 1.51. The average molecular weight is 258 g/mol. The number of phenolic OH excluding ortho intramolecular Hbond substituents is 1. The van der Waals surface area contributed by atoms with Crippen LogP contribution in [0.4, 0.5) is 0 Å². The first kappa shape index (κ1) is 13.0. The molecule has 0 atom stereocenters. The van der Waals surface area contributed by atoms with E-state index in [1.807, 2.05) is 0 Å². The summed E-state index contributed by atoms with van der Waals surface area (Å²) in [6, 6.07) is 7.87. The lowest BCUT2D eigenvalue weighted by Crippen LogP contribution is -1.97. The number of methoxy groups -OCH3 is 1. The van der Waals surface area contributed by atoms with Crippen LogP contribution in [0, 0.1) is 6.92 Å². The van der Waals surface area contributed by atoms with Crippen molar-refractivity contribution in [3.05, 3.63) is 57.6 Å². The van der Waals surface area contributed by atoms with Crippen molar-refractivity contribution in [3.8, 4) is 11.5 Å². The van der Waals surface area contributed by atoms with Crippen molar-refractivity contribution < 1.29 is 14.3 Å². The maximum Gasteiger partial charge on any atom is 0.185 e. The Morgan fingerprint density at radius 3 is 2.63 bits per heavy atom. The molecule has 0 aliphatic heterocycles. The Balaban J connectivity index is 2.27. The van der Waals surface area contributed by atoms with Crippen molar-refractivity contribution in [2.45, 2.75) is 6.92 Å². The van der Waals surface area contributed by atoms with Crippen LogP contribution < -0.4 is 10.2 Å². The molecule has 0 bridgehead atoms. The minimum Gasteiger partial charge on any atom is -0.504 e. The highest BCUT2D eigenvalue weighted by molar-refractivity contribution is 5.68. The van der Waals surface area contributed by atoms with Gasteiger partial charge in [-0.2, -0.15) is 0 Å². The highest BCUT2D eigenvalue weighted by Gasteiger charge is 2.00. The molecule has 2 aromatic rings. The Hall–Kier alpha value is -2.49. The van der Waals surface area contributed by atoms with Crippen LogP contribution >= 0.6 is 0 Å². The summed E-state index contributed by atoms with van der Waals surface area (Å²) in [6.45, 7) is 1.72. The molecule has 0 spiro atoms. The van der Waals surface area contributed by atoms with Gasteiger partial charge < -0.3 is 14.3 Å². The SMILES string of the molecule is COc1ccc(/C=C/c2cc(=O)cc(C)o2)cc1O. The van der Waals surface area contributed by atoms with E-state index < -0.39 is 0 Å². The Morgan fingerprint density at radius 1 is 1.21 bits per heavy atom. The second-order valence-electron chi connectivity index (χ2n) is 4.07. The Morgan fingerprint density at radius 2 is 2.00 bits per heavy atom. The standard InChI is InChI=1S/C15H14O4/c1-10-7-12(16)9-13(19-10)5-3-11-4-6-15(18-2)14(17)8-11/h3-9,17H,1-2H3/b5-3+. The van der Waals surface area contributed by atoms with Crippen molar-refractivity contribution >= 4 is 12.2 Å². The molecule has 1 heterocycles. The summed E-state index contributed by atoms with van der Waals surface area (Å²) in [5.41, 5.74) is 0.684. The number of hydrogen-bond donors (Lipinski definition) is 1. The van der Waals surface area contributed by atoms with Gasteiger partial charge in [0.1, 0.15) is 11.5 Å². The summed E-state index contributed by atoms with van der Waals surface area (Å²) in [7, 11) is 1.49. The van der Waals surface area contributed by atoms with E-state index in [4.69, 9.17) is 9.15 Å². The Bertz CT molecular complexity index is 668. The summed E-state index contributed by atoms with van der Waals surface area (Å²) in [5, 5.41) is 9.64. The molecule has 98 valence electrons. The van der Waals surface area contributed by atoms with E-state index in [2.05, 4.69) is 0 Å². The molecule has 0 radical (unpaired) electrons. The molecule has 0 saturated carbocycles. The van der Waals surface area contributed by atoms with Crippen molar-refractivity contribution in [3.63, 3.8) is 0 Å². The zero-order valence-electron chi connectivity index (χ0n) is 10.7. The summed E-state index contributed by atoms with van der Waals surface area (Å²) < 4.78 is 10.3. The monoisotopic (exact) mass is 258 g/mol. The third kappa shape index (κ3) is 3.25. The summed E-state index contributed by atoms with van der Waals surface area (Å²) >= 11 is 0. The Labute approximate surface area is 110 Å². The quantitative estimate of drug-likeness (QED) is 0.919. The van der Waals surface area contributed by atoms with Gasteiger partial charge in [0.2, 0.25) is 0 Å². The van der Waals surface area contributed by atoms with E-state index in [0.29, 0.717) is 17.3 Å². The highest BCUT2D eigenvalue weighted by Crippen LogP contribution is 2.26. The molecule has 4 heteroatoms. The molecule has 0 amide bonds. The van der Waals surface area contributed by atoms with Crippen LogP contribution in [-0.2, 0) is 0 Å². The first-order valence-corrected chi connectivity index (χ1v) is 5.75. The zero-order chi connectivity index (χ0) is 13.8. The van der Waals surface area contributed by atoms with Crippen molar-refractivity contribution in [1.29, 1.82) is 0 Å². The van der Waals surface area contributed by atoms with Gasteiger partial charge in [-0.3, -0.25) is 4.79 Å². The van der Waals surface area contributed by atoms with E-state index in [9.17, 15) is 9.90 Å². The fourth-order valence-corrected chi connectivity index (χ4v) is 1.70. The maximum absolute atomic E-state index is 11.3. The minimum absolute atomic E-state index is 0.0651. The number of aryl methyl sites for hydroxylation is 1. The van der Waals surface area contributed by atoms with Gasteiger partial charge in [-0.05, 0) is 30.7 Å². The molecular formula is C15H14O4. The van der Waals surface area contributed by atoms with E-state index >= 15 is 0 Å². The molecule has 19 heavy (non-hydrogen) atoms. The van der Waals surface area contributed by atoms with Crippen molar-refractivity contribution in [2.75, 3.05) is 7.11 Å². The molecule has 0 aliphatic carbocycles. The molecule has 1 N–H and O–H groups in total. The van der Waals surface area contributed by atoms with Crippen LogP contribution in [0.3, 0.4) is 0 Å². The summed E-state index contributed by atoms with van der Waals surface area (Å²) in [4.78, 5) is 11.3. The van der Waals surface area contributed by atoms with Crippen LogP contribution in [0.1, 0.15) is 17.1 Å². The topological polar surface area (TPSA) is 59.7 Å². The van der Waals surface area contributed by atoms with Gasteiger partial charge in [0.05, 0.1) is 7.11 Å². The fourth-order valence-electron chi connectivity index (χ4n) is 1.70. The van der Waals surface area contributed by atoms with E-state index in [1.165, 1.54) is 19.2 Å². The number of phenols is 1. The molecule has 0 saturated heterocycles. The predicted molar refractivity (Wildman–Crippen MR) is 73.3 cm³/mol. The van der Waals surface area contributed by atoms with E-state index in [0.717, 1.165) is 5.56 Å². The molecule has 2 rings (SSSR count). The minimum atomic E-state index is -0.0963. The molecule has 0 fully saturated rings. The highest BCUT2D eigenvalue weighted by atomic mass is 16.5. The van der Waals surface area contributed by atoms with Crippen LogP contribution in [0.5, 0.6) is 11.5 Å². The number of hydrogen-bond acceptors (Lipinski definition) is 4. The van der Waals surface area contributed by atoms with Gasteiger partial charge in [0, 0.05) is 12.1 Å². The molecule has 1 aromatic heterocycles. The van der Waals surface area contributed by atoms with E-state index in [-0.39, 0.29) is 11.2 Å². The van der Waals surface area contributed by atoms with Crippen LogP contribution in [-0.4, -0.2) is 12.2 Å². The average Bonchev–Trinajstić information content (AvgIpc) is 2.35. The van der Waals surface area contributed by atoms with Gasteiger partial charge in [0.25, 0.3) is 0 Å². The van der Waals surface area contributed by atoms with Crippen LogP contribution in [0.2, 0.25) is 0 Å².